The van der Waals surface area contributed by atoms with Crippen molar-refractivity contribution in [3.05, 3.63) is 12.4 Å². The van der Waals surface area contributed by atoms with Crippen molar-refractivity contribution in [2.24, 2.45) is 0 Å². The van der Waals surface area contributed by atoms with Gasteiger partial charge in [-0.2, -0.15) is 5.10 Å². The molecule has 1 aromatic rings. The van der Waals surface area contributed by atoms with Crippen LogP contribution in [0.2, 0.25) is 0 Å². The van der Waals surface area contributed by atoms with E-state index >= 15 is 0 Å². The Kier molecular flexibility index (Phi) is 3.31. The minimum Gasteiger partial charge on any atom is -0.489 e. The third kappa shape index (κ3) is 2.63. The molecule has 0 radical (unpaired) electrons. The Bertz CT molecular complexity index is 351. The Morgan fingerprint density at radius 2 is 2.18 bits per heavy atom. The summed E-state index contributed by atoms with van der Waals surface area (Å²) in [5, 5.41) is 7.85. The normalized spacial score (nSPS) is 25.5. The first-order valence-corrected chi connectivity index (χ1v) is 6.82. The highest BCUT2D eigenvalue weighted by Crippen LogP contribution is 2.29. The second-order valence-corrected chi connectivity index (χ2v) is 5.20. The van der Waals surface area contributed by atoms with Gasteiger partial charge in [0.1, 0.15) is 6.61 Å². The molecule has 2 aliphatic rings. The highest BCUT2D eigenvalue weighted by Gasteiger charge is 2.18. The summed E-state index contributed by atoms with van der Waals surface area (Å²) in [4.78, 5) is 0. The molecule has 3 rings (SSSR count). The molecule has 17 heavy (non-hydrogen) atoms. The zero-order chi connectivity index (χ0) is 11.5. The molecule has 1 saturated heterocycles. The average molecular weight is 235 g/mol. The van der Waals surface area contributed by atoms with E-state index in [4.69, 9.17) is 4.74 Å². The van der Waals surface area contributed by atoms with Crippen molar-refractivity contribution < 1.29 is 4.74 Å². The van der Waals surface area contributed by atoms with Crippen molar-refractivity contribution in [1.82, 2.24) is 15.1 Å². The van der Waals surface area contributed by atoms with Gasteiger partial charge in [-0.25, -0.2) is 0 Å². The van der Waals surface area contributed by atoms with E-state index in [1.165, 1.54) is 38.5 Å². The second kappa shape index (κ2) is 5.08. The fourth-order valence-corrected chi connectivity index (χ4v) is 2.86. The van der Waals surface area contributed by atoms with Gasteiger partial charge in [-0.05, 0) is 32.2 Å². The lowest BCUT2D eigenvalue weighted by atomic mass is 10.2. The molecule has 4 nitrogen and oxygen atoms in total. The van der Waals surface area contributed by atoms with E-state index in [1.807, 2.05) is 6.20 Å². The largest absolute Gasteiger partial charge is 0.489 e. The van der Waals surface area contributed by atoms with E-state index < -0.39 is 0 Å². The quantitative estimate of drug-likeness (QED) is 0.869. The van der Waals surface area contributed by atoms with Gasteiger partial charge in [0, 0.05) is 6.04 Å². The van der Waals surface area contributed by atoms with Gasteiger partial charge in [0.25, 0.3) is 0 Å². The minimum atomic E-state index is 0.532. The number of nitrogens with one attached hydrogen (secondary N) is 1. The van der Waals surface area contributed by atoms with Crippen molar-refractivity contribution in [1.29, 1.82) is 0 Å². The Morgan fingerprint density at radius 1 is 1.29 bits per heavy atom. The molecule has 1 aromatic heterocycles. The van der Waals surface area contributed by atoms with Crippen LogP contribution in [0.25, 0.3) is 0 Å². The smallest absolute Gasteiger partial charge is 0.157 e. The molecular weight excluding hydrogens is 214 g/mol. The van der Waals surface area contributed by atoms with E-state index in [0.717, 1.165) is 18.9 Å². The van der Waals surface area contributed by atoms with Gasteiger partial charge < -0.3 is 10.1 Å². The fourth-order valence-electron chi connectivity index (χ4n) is 2.86. The van der Waals surface area contributed by atoms with Crippen LogP contribution in [0.3, 0.4) is 0 Å². The number of hydrogen-bond donors (Lipinski definition) is 1. The van der Waals surface area contributed by atoms with Crippen LogP contribution in [0.5, 0.6) is 5.75 Å². The molecule has 0 spiro atoms. The second-order valence-electron chi connectivity index (χ2n) is 5.20. The lowest BCUT2D eigenvalue weighted by Crippen LogP contribution is -2.28. The van der Waals surface area contributed by atoms with Gasteiger partial charge in [0.05, 0.1) is 18.4 Å². The van der Waals surface area contributed by atoms with Crippen LogP contribution in [-0.2, 0) is 0 Å². The summed E-state index contributed by atoms with van der Waals surface area (Å²) in [5.74, 6) is 0.922. The lowest BCUT2D eigenvalue weighted by Gasteiger charge is -2.11. The van der Waals surface area contributed by atoms with Gasteiger partial charge in [-0.3, -0.25) is 4.68 Å². The number of ether oxygens (including phenoxy) is 1. The number of hydrogen-bond acceptors (Lipinski definition) is 3. The number of rotatable bonds is 4. The molecular formula is C13H21N3O. The predicted molar refractivity (Wildman–Crippen MR) is 66.3 cm³/mol. The zero-order valence-corrected chi connectivity index (χ0v) is 10.3. The van der Waals surface area contributed by atoms with Crippen molar-refractivity contribution in [2.45, 2.75) is 50.6 Å². The summed E-state index contributed by atoms with van der Waals surface area (Å²) < 4.78 is 7.87. The number of aromatic nitrogens is 2. The summed E-state index contributed by atoms with van der Waals surface area (Å²) in [6.07, 6.45) is 11.6. The average Bonchev–Trinajstić information content (AvgIpc) is 3.09. The fraction of sp³-hybridized carbons (Fsp3) is 0.769. The van der Waals surface area contributed by atoms with Crippen LogP contribution in [0.15, 0.2) is 12.4 Å². The zero-order valence-electron chi connectivity index (χ0n) is 10.3. The predicted octanol–water partition coefficient (Wildman–Crippen LogP) is 2.13. The van der Waals surface area contributed by atoms with Crippen molar-refractivity contribution in [3.63, 3.8) is 0 Å². The van der Waals surface area contributed by atoms with Crippen LogP contribution in [-0.4, -0.2) is 29.0 Å². The monoisotopic (exact) mass is 235 g/mol. The Hall–Kier alpha value is -1.03. The maximum absolute atomic E-state index is 5.78. The Labute approximate surface area is 102 Å². The molecule has 2 heterocycles. The third-order valence-corrected chi connectivity index (χ3v) is 3.89. The summed E-state index contributed by atoms with van der Waals surface area (Å²) in [6.45, 7) is 1.91. The molecule has 0 bridgehead atoms. The summed E-state index contributed by atoms with van der Waals surface area (Å²) in [5.41, 5.74) is 0. The van der Waals surface area contributed by atoms with Gasteiger partial charge >= 0.3 is 0 Å². The molecule has 1 aliphatic carbocycles. The van der Waals surface area contributed by atoms with Gasteiger partial charge in [0.2, 0.25) is 0 Å². The first-order chi connectivity index (χ1) is 8.42. The van der Waals surface area contributed by atoms with E-state index in [-0.39, 0.29) is 0 Å². The minimum absolute atomic E-state index is 0.532. The van der Waals surface area contributed by atoms with Crippen molar-refractivity contribution in [3.8, 4) is 5.75 Å². The van der Waals surface area contributed by atoms with E-state index in [1.54, 1.807) is 0 Å². The van der Waals surface area contributed by atoms with E-state index in [9.17, 15) is 0 Å². The summed E-state index contributed by atoms with van der Waals surface area (Å²) >= 11 is 0. The molecule has 1 unspecified atom stereocenters. The Morgan fingerprint density at radius 3 is 2.94 bits per heavy atom. The standard InChI is InChI=1S/C13H21N3O/c1-2-6-12(5-1)16-9-13(8-15-16)17-10-11-4-3-7-14-11/h8-9,11-12,14H,1-7,10H2. The van der Waals surface area contributed by atoms with E-state index in [2.05, 4.69) is 21.3 Å². The summed E-state index contributed by atoms with van der Waals surface area (Å²) in [7, 11) is 0. The molecule has 4 heteroatoms. The summed E-state index contributed by atoms with van der Waals surface area (Å²) in [6, 6.07) is 1.14. The SMILES string of the molecule is c1nn(C2CCCC2)cc1OCC1CCCN1. The number of nitrogens with zero attached hydrogens (tertiary/aromatic N) is 2. The molecule has 1 atom stereocenters. The molecule has 1 aliphatic heterocycles. The first-order valence-electron chi connectivity index (χ1n) is 6.82. The maximum atomic E-state index is 5.78. The van der Waals surface area contributed by atoms with Gasteiger partial charge in [-0.15, -0.1) is 0 Å². The topological polar surface area (TPSA) is 39.1 Å². The molecule has 0 aromatic carbocycles. The van der Waals surface area contributed by atoms with Crippen LogP contribution in [0.1, 0.15) is 44.6 Å². The molecule has 2 fully saturated rings. The molecule has 1 N–H and O–H groups in total. The van der Waals surface area contributed by atoms with Crippen LogP contribution in [0, 0.1) is 0 Å². The highest BCUT2D eigenvalue weighted by atomic mass is 16.5. The molecule has 94 valence electrons. The van der Waals surface area contributed by atoms with Crippen LogP contribution < -0.4 is 10.1 Å². The van der Waals surface area contributed by atoms with Crippen LogP contribution >= 0.6 is 0 Å². The Balaban J connectivity index is 1.52. The van der Waals surface area contributed by atoms with Gasteiger partial charge in [0.15, 0.2) is 5.75 Å². The molecule has 0 amide bonds. The maximum Gasteiger partial charge on any atom is 0.157 e. The van der Waals surface area contributed by atoms with Crippen molar-refractivity contribution >= 4 is 0 Å². The van der Waals surface area contributed by atoms with E-state index in [0.29, 0.717) is 12.1 Å². The third-order valence-electron chi connectivity index (χ3n) is 3.89. The van der Waals surface area contributed by atoms with Crippen molar-refractivity contribution in [2.75, 3.05) is 13.2 Å². The van der Waals surface area contributed by atoms with Gasteiger partial charge in [-0.1, -0.05) is 12.8 Å². The lowest BCUT2D eigenvalue weighted by molar-refractivity contribution is 0.276. The first kappa shape index (κ1) is 11.1. The van der Waals surface area contributed by atoms with Crippen LogP contribution in [0.4, 0.5) is 0 Å². The molecule has 1 saturated carbocycles. The highest BCUT2D eigenvalue weighted by molar-refractivity contribution is 5.12.